The Balaban J connectivity index is 1.25. The zero-order chi connectivity index (χ0) is 29.6. The zero-order valence-electron chi connectivity index (χ0n) is 24.6. The number of nitrogens with one attached hydrogen (secondary N) is 2. The average Bonchev–Trinajstić information content (AvgIpc) is 3.67. The first-order chi connectivity index (χ1) is 19.6. The van der Waals surface area contributed by atoms with E-state index in [4.69, 9.17) is 18.9 Å². The van der Waals surface area contributed by atoms with Crippen molar-refractivity contribution in [3.8, 4) is 0 Å². The molecule has 0 aromatic carbocycles. The van der Waals surface area contributed by atoms with Crippen molar-refractivity contribution in [3.63, 3.8) is 0 Å². The third kappa shape index (κ3) is 8.73. The van der Waals surface area contributed by atoms with Crippen LogP contribution >= 0.6 is 0 Å². The number of epoxide rings is 1. The Kier molecular flexibility index (Phi) is 10.8. The smallest absolute Gasteiger partial charge is 0.293 e. The highest BCUT2D eigenvalue weighted by Gasteiger charge is 2.58. The van der Waals surface area contributed by atoms with Crippen molar-refractivity contribution in [1.29, 1.82) is 0 Å². The van der Waals surface area contributed by atoms with Crippen molar-refractivity contribution in [3.05, 3.63) is 36.0 Å². The Morgan fingerprint density at radius 1 is 1.17 bits per heavy atom. The highest BCUT2D eigenvalue weighted by molar-refractivity contribution is 5.87. The minimum atomic E-state index is -0.775. The number of allylic oxidation sites excluding steroid dienone is 2. The van der Waals surface area contributed by atoms with Crippen LogP contribution in [-0.4, -0.2) is 84.3 Å². The zero-order valence-corrected chi connectivity index (χ0v) is 24.6. The SMILES string of the molecule is CC(/C=C/[C@H]1O[C@H](CC(=O)NC2CCC2)CC2(CO2)[C@@H]1O)=C\C[C@@H]1OC(C)[C@H](NC(=O)/C=C\C(C)OC=O)C[C@@H]1C. The molecular weight excluding hydrogens is 528 g/mol. The van der Waals surface area contributed by atoms with Crippen molar-refractivity contribution in [1.82, 2.24) is 10.6 Å². The molecule has 3 N–H and O–H groups in total. The second-order valence-electron chi connectivity index (χ2n) is 12.2. The minimum absolute atomic E-state index is 0.00131. The minimum Gasteiger partial charge on any atom is -0.461 e. The maximum Gasteiger partial charge on any atom is 0.293 e. The van der Waals surface area contributed by atoms with Gasteiger partial charge in [0, 0.05) is 18.5 Å². The number of hydrogen-bond acceptors (Lipinski definition) is 8. The molecule has 0 aromatic heterocycles. The van der Waals surface area contributed by atoms with Gasteiger partial charge < -0.3 is 34.7 Å². The van der Waals surface area contributed by atoms with Crippen molar-refractivity contribution < 1.29 is 38.4 Å². The van der Waals surface area contributed by atoms with E-state index in [9.17, 15) is 19.5 Å². The lowest BCUT2D eigenvalue weighted by atomic mass is 9.87. The number of aliphatic hydroxyl groups excluding tert-OH is 1. The van der Waals surface area contributed by atoms with Gasteiger partial charge in [-0.15, -0.1) is 0 Å². The second-order valence-corrected chi connectivity index (χ2v) is 12.2. The number of ether oxygens (including phenoxy) is 4. The van der Waals surface area contributed by atoms with Gasteiger partial charge in [0.25, 0.3) is 6.47 Å². The molecule has 41 heavy (non-hydrogen) atoms. The highest BCUT2D eigenvalue weighted by Crippen LogP contribution is 2.43. The molecule has 3 saturated heterocycles. The van der Waals surface area contributed by atoms with E-state index in [1.165, 1.54) is 12.2 Å². The summed E-state index contributed by atoms with van der Waals surface area (Å²) in [6.07, 6.45) is 12.1. The predicted octanol–water partition coefficient (Wildman–Crippen LogP) is 2.64. The van der Waals surface area contributed by atoms with Crippen LogP contribution in [0.2, 0.25) is 0 Å². The lowest BCUT2D eigenvalue weighted by Gasteiger charge is -2.39. The van der Waals surface area contributed by atoms with Gasteiger partial charge in [-0.1, -0.05) is 30.7 Å². The number of hydrogen-bond donors (Lipinski definition) is 3. The van der Waals surface area contributed by atoms with E-state index in [0.717, 1.165) is 31.3 Å². The fourth-order valence-corrected chi connectivity index (χ4v) is 5.76. The molecule has 4 aliphatic rings. The lowest BCUT2D eigenvalue weighted by Crippen LogP contribution is -2.51. The van der Waals surface area contributed by atoms with E-state index in [-0.39, 0.29) is 54.5 Å². The Labute approximate surface area is 242 Å². The van der Waals surface area contributed by atoms with E-state index in [1.54, 1.807) is 6.92 Å². The van der Waals surface area contributed by atoms with Crippen LogP contribution in [0.25, 0.3) is 0 Å². The van der Waals surface area contributed by atoms with Gasteiger partial charge in [0.15, 0.2) is 0 Å². The summed E-state index contributed by atoms with van der Waals surface area (Å²) < 4.78 is 22.8. The molecule has 4 fully saturated rings. The van der Waals surface area contributed by atoms with Crippen LogP contribution in [0.15, 0.2) is 36.0 Å². The molecule has 0 aromatic rings. The molecule has 3 aliphatic heterocycles. The summed E-state index contributed by atoms with van der Waals surface area (Å²) in [5, 5.41) is 16.9. The average molecular weight is 575 g/mol. The third-order valence-electron chi connectivity index (χ3n) is 8.73. The molecule has 1 spiro atoms. The number of aliphatic hydroxyl groups is 1. The molecular formula is C31H46N2O8. The van der Waals surface area contributed by atoms with Gasteiger partial charge in [-0.25, -0.2) is 0 Å². The fraction of sp³-hybridized carbons (Fsp3) is 0.710. The molecule has 9 atom stereocenters. The van der Waals surface area contributed by atoms with E-state index in [1.807, 2.05) is 26.0 Å². The van der Waals surface area contributed by atoms with E-state index in [2.05, 4.69) is 23.6 Å². The Bertz CT molecular complexity index is 1020. The third-order valence-corrected chi connectivity index (χ3v) is 8.73. The van der Waals surface area contributed by atoms with Gasteiger partial charge in [-0.3, -0.25) is 14.4 Å². The van der Waals surface area contributed by atoms with Crippen LogP contribution in [0.1, 0.15) is 72.6 Å². The molecule has 10 nitrogen and oxygen atoms in total. The van der Waals surface area contributed by atoms with Crippen molar-refractivity contribution in [2.24, 2.45) is 5.92 Å². The van der Waals surface area contributed by atoms with Crippen LogP contribution in [0.3, 0.4) is 0 Å². The number of amides is 2. The van der Waals surface area contributed by atoms with Crippen LogP contribution in [0.5, 0.6) is 0 Å². The maximum atomic E-state index is 12.5. The van der Waals surface area contributed by atoms with Gasteiger partial charge in [0.2, 0.25) is 11.8 Å². The van der Waals surface area contributed by atoms with Gasteiger partial charge in [-0.05, 0) is 64.9 Å². The Hall–Kier alpha value is -2.53. The summed E-state index contributed by atoms with van der Waals surface area (Å²) in [6, 6.07) is 0.174. The number of carbonyl (C=O) groups is 3. The molecule has 3 heterocycles. The summed E-state index contributed by atoms with van der Waals surface area (Å²) in [4.78, 5) is 35.2. The van der Waals surface area contributed by atoms with Gasteiger partial charge in [0.05, 0.1) is 37.4 Å². The van der Waals surface area contributed by atoms with Crippen LogP contribution in [0.4, 0.5) is 0 Å². The van der Waals surface area contributed by atoms with Gasteiger partial charge in [-0.2, -0.15) is 0 Å². The highest BCUT2D eigenvalue weighted by atomic mass is 16.6. The summed E-state index contributed by atoms with van der Waals surface area (Å²) in [5.41, 5.74) is 0.406. The first kappa shape index (κ1) is 31.4. The topological polar surface area (TPSA) is 136 Å². The molecule has 0 bridgehead atoms. The lowest BCUT2D eigenvalue weighted by molar-refractivity contribution is -0.146. The van der Waals surface area contributed by atoms with Crippen molar-refractivity contribution in [2.45, 2.75) is 127 Å². The standard InChI is InChI=1S/C31H46N2O8/c1-19(8-11-26-20(2)14-25(22(4)40-26)33-28(35)13-10-21(3)38-18-34)9-12-27-30(37)31(17-39-31)16-24(41-27)15-29(36)32-23-6-5-7-23/h8-10,12-13,18,20-27,30,37H,5-7,11,14-17H2,1-4H3,(H,32,36)(H,33,35)/b12-9+,13-10-,19-8+/t20-,21?,22?,24+,25+,26-,27+,30+,31?/m0/s1. The van der Waals surface area contributed by atoms with Crippen molar-refractivity contribution >= 4 is 18.3 Å². The summed E-state index contributed by atoms with van der Waals surface area (Å²) in [7, 11) is 0. The molecule has 1 saturated carbocycles. The molecule has 1 aliphatic carbocycles. The monoisotopic (exact) mass is 574 g/mol. The van der Waals surface area contributed by atoms with Crippen LogP contribution < -0.4 is 10.6 Å². The molecule has 0 radical (unpaired) electrons. The summed E-state index contributed by atoms with van der Waals surface area (Å²) in [6.45, 7) is 8.60. The first-order valence-electron chi connectivity index (χ1n) is 14.9. The molecule has 228 valence electrons. The first-order valence-corrected chi connectivity index (χ1v) is 14.9. The number of rotatable bonds is 12. The summed E-state index contributed by atoms with van der Waals surface area (Å²) >= 11 is 0. The van der Waals surface area contributed by atoms with Crippen LogP contribution in [0, 0.1) is 5.92 Å². The quantitative estimate of drug-likeness (QED) is 0.140. The van der Waals surface area contributed by atoms with Crippen LogP contribution in [-0.2, 0) is 33.3 Å². The molecule has 3 unspecified atom stereocenters. The predicted molar refractivity (Wildman–Crippen MR) is 152 cm³/mol. The molecule has 4 rings (SSSR count). The molecule has 2 amide bonds. The Morgan fingerprint density at radius 3 is 2.59 bits per heavy atom. The van der Waals surface area contributed by atoms with Gasteiger partial charge >= 0.3 is 0 Å². The van der Waals surface area contributed by atoms with Crippen molar-refractivity contribution in [2.75, 3.05) is 6.61 Å². The largest absolute Gasteiger partial charge is 0.461 e. The normalized spacial score (nSPS) is 36.6. The van der Waals surface area contributed by atoms with E-state index >= 15 is 0 Å². The second kappa shape index (κ2) is 14.1. The maximum absolute atomic E-state index is 12.5. The molecule has 10 heteroatoms. The van der Waals surface area contributed by atoms with Gasteiger partial charge in [0.1, 0.15) is 23.9 Å². The van der Waals surface area contributed by atoms with E-state index in [0.29, 0.717) is 25.9 Å². The fourth-order valence-electron chi connectivity index (χ4n) is 5.76. The van der Waals surface area contributed by atoms with E-state index < -0.39 is 23.9 Å². The number of carbonyl (C=O) groups excluding carboxylic acids is 3. The Morgan fingerprint density at radius 2 is 1.93 bits per heavy atom. The summed E-state index contributed by atoms with van der Waals surface area (Å²) in [5.74, 6) is -0.0170.